The van der Waals surface area contributed by atoms with Crippen molar-refractivity contribution in [3.05, 3.63) is 36.2 Å². The first-order valence-electron chi connectivity index (χ1n) is 19.3. The number of rotatable bonds is 7. The molecule has 2 aliphatic carbocycles. The van der Waals surface area contributed by atoms with Gasteiger partial charge in [0.2, 0.25) is 11.8 Å². The summed E-state index contributed by atoms with van der Waals surface area (Å²) in [6.45, 7) is 9.80. The largest absolute Gasteiger partial charge is 0.366 e. The van der Waals surface area contributed by atoms with Gasteiger partial charge in [-0.3, -0.25) is 9.59 Å². The van der Waals surface area contributed by atoms with Crippen LogP contribution in [0.4, 0.5) is 11.5 Å². The molecule has 10 heteroatoms. The molecule has 0 radical (unpaired) electrons. The van der Waals surface area contributed by atoms with Crippen molar-refractivity contribution in [3.63, 3.8) is 0 Å². The van der Waals surface area contributed by atoms with E-state index in [4.69, 9.17) is 9.97 Å². The molecule has 2 amide bonds. The number of imidazole rings is 1. The molecule has 1 atom stereocenters. The number of hydrogen-bond donors (Lipinski definition) is 2. The third-order valence-corrected chi connectivity index (χ3v) is 12.7. The van der Waals surface area contributed by atoms with E-state index in [1.807, 2.05) is 11.2 Å². The maximum Gasteiger partial charge on any atom is 0.238 e. The van der Waals surface area contributed by atoms with Crippen LogP contribution in [0.3, 0.4) is 0 Å². The summed E-state index contributed by atoms with van der Waals surface area (Å²) in [5.74, 6) is 1.48. The van der Waals surface area contributed by atoms with Gasteiger partial charge in [-0.05, 0) is 115 Å². The Morgan fingerprint density at radius 1 is 0.980 bits per heavy atom. The Labute approximate surface area is 290 Å². The fourth-order valence-corrected chi connectivity index (χ4v) is 9.50. The SMILES string of the molecule is CC(C)n1cnc2cc(-c3ccc4c(c3)N([C@H]3C[C@@H](N5CCCCC5)C3)C(=O)C43CCN(C(=O)[C@@H]4CCCNC4)CC3)nc(NC3CC3)c21. The average Bonchev–Trinajstić information content (AvgIpc) is 3.77. The number of hydrogen-bond acceptors (Lipinski definition) is 7. The van der Waals surface area contributed by atoms with Crippen molar-refractivity contribution in [2.75, 3.05) is 49.5 Å². The smallest absolute Gasteiger partial charge is 0.238 e. The Kier molecular flexibility index (Phi) is 7.95. The molecule has 0 unspecified atom stereocenters. The lowest BCUT2D eigenvalue weighted by atomic mass is 9.73. The minimum atomic E-state index is -0.572. The fraction of sp³-hybridized carbons (Fsp3) is 0.641. The second kappa shape index (κ2) is 12.4. The minimum Gasteiger partial charge on any atom is -0.366 e. The van der Waals surface area contributed by atoms with Gasteiger partial charge in [-0.2, -0.15) is 0 Å². The normalized spacial score (nSPS) is 27.2. The van der Waals surface area contributed by atoms with Gasteiger partial charge in [0, 0.05) is 55.1 Å². The molecule has 1 spiro atoms. The monoisotopic (exact) mass is 664 g/mol. The van der Waals surface area contributed by atoms with Gasteiger partial charge >= 0.3 is 0 Å². The molecule has 2 saturated carbocycles. The summed E-state index contributed by atoms with van der Waals surface area (Å²) in [7, 11) is 0. The molecule has 3 saturated heterocycles. The van der Waals surface area contributed by atoms with Gasteiger partial charge in [0.1, 0.15) is 5.52 Å². The topological polar surface area (TPSA) is 98.6 Å². The van der Waals surface area contributed by atoms with Crippen LogP contribution in [0, 0.1) is 5.92 Å². The van der Waals surface area contributed by atoms with E-state index in [0.717, 1.165) is 78.1 Å². The molecular formula is C39H52N8O2. The van der Waals surface area contributed by atoms with Crippen molar-refractivity contribution in [1.82, 2.24) is 29.7 Å². The molecule has 2 N–H and O–H groups in total. The van der Waals surface area contributed by atoms with E-state index in [1.54, 1.807) is 0 Å². The summed E-state index contributed by atoms with van der Waals surface area (Å²) in [4.78, 5) is 45.3. The summed E-state index contributed by atoms with van der Waals surface area (Å²) in [5, 5.41) is 7.10. The van der Waals surface area contributed by atoms with Gasteiger partial charge in [-0.15, -0.1) is 0 Å². The number of anilines is 2. The van der Waals surface area contributed by atoms with Crippen LogP contribution >= 0.6 is 0 Å². The van der Waals surface area contributed by atoms with Gasteiger partial charge in [-0.25, -0.2) is 9.97 Å². The Morgan fingerprint density at radius 3 is 2.49 bits per heavy atom. The number of likely N-dealkylation sites (tertiary alicyclic amines) is 2. The first-order chi connectivity index (χ1) is 23.9. The second-order valence-corrected chi connectivity index (χ2v) is 16.1. The van der Waals surface area contributed by atoms with Crippen LogP contribution in [0.1, 0.15) is 96.1 Å². The lowest BCUT2D eigenvalue weighted by molar-refractivity contribution is -0.139. The highest BCUT2D eigenvalue weighted by Gasteiger charge is 2.56. The minimum absolute atomic E-state index is 0.0613. The van der Waals surface area contributed by atoms with Crippen LogP contribution in [0.2, 0.25) is 0 Å². The van der Waals surface area contributed by atoms with Crippen LogP contribution in [-0.4, -0.2) is 93.5 Å². The number of fused-ring (bicyclic) bond motifs is 3. The van der Waals surface area contributed by atoms with Gasteiger partial charge in [0.15, 0.2) is 5.82 Å². The zero-order chi connectivity index (χ0) is 33.3. The zero-order valence-corrected chi connectivity index (χ0v) is 29.3. The van der Waals surface area contributed by atoms with E-state index in [1.165, 1.54) is 45.2 Å². The van der Waals surface area contributed by atoms with Crippen LogP contribution in [0.25, 0.3) is 22.3 Å². The Hall–Kier alpha value is -3.50. The van der Waals surface area contributed by atoms with Gasteiger partial charge < -0.3 is 29.9 Å². The summed E-state index contributed by atoms with van der Waals surface area (Å²) >= 11 is 0. The zero-order valence-electron chi connectivity index (χ0n) is 29.3. The second-order valence-electron chi connectivity index (χ2n) is 16.1. The predicted molar refractivity (Wildman–Crippen MR) is 193 cm³/mol. The van der Waals surface area contributed by atoms with Crippen molar-refractivity contribution in [3.8, 4) is 11.3 Å². The third-order valence-electron chi connectivity index (χ3n) is 12.7. The van der Waals surface area contributed by atoms with Crippen molar-refractivity contribution in [2.45, 2.75) is 114 Å². The van der Waals surface area contributed by atoms with E-state index >= 15 is 0 Å². The molecule has 4 aliphatic heterocycles. The molecule has 260 valence electrons. The number of nitrogens with one attached hydrogen (secondary N) is 2. The number of carbonyl (C=O) groups excluding carboxylic acids is 2. The first-order valence-corrected chi connectivity index (χ1v) is 19.3. The van der Waals surface area contributed by atoms with Crippen LogP contribution in [0.15, 0.2) is 30.6 Å². The highest BCUT2D eigenvalue weighted by atomic mass is 16.2. The fourth-order valence-electron chi connectivity index (χ4n) is 9.50. The summed E-state index contributed by atoms with van der Waals surface area (Å²) in [5.41, 5.74) is 5.56. The maximum atomic E-state index is 14.9. The van der Waals surface area contributed by atoms with Crippen molar-refractivity contribution >= 4 is 34.4 Å². The molecule has 6 aliphatic rings. The van der Waals surface area contributed by atoms with Crippen molar-refractivity contribution in [2.24, 2.45) is 5.92 Å². The standard InChI is InChI=1S/C39H52N8O2/c1-25(2)46-24-41-33-22-32(43-36(35(33)46)42-28-9-10-28)26-8-11-31-34(19-26)47(30-20-29(21-30)44-15-4-3-5-16-44)38(49)39(31)12-17-45(18-13-39)37(48)27-7-6-14-40-23-27/h8,11,19,22,24-25,27-30,40H,3-7,9-10,12-18,20-21,23H2,1-2H3,(H,42,43)/t27-,29-,30+/m1/s1. The van der Waals surface area contributed by atoms with E-state index in [-0.39, 0.29) is 29.8 Å². The summed E-state index contributed by atoms with van der Waals surface area (Å²) in [6.07, 6.45) is 13.6. The van der Waals surface area contributed by atoms with Crippen LogP contribution < -0.4 is 15.5 Å². The first kappa shape index (κ1) is 31.5. The number of pyridine rings is 1. The summed E-state index contributed by atoms with van der Waals surface area (Å²) < 4.78 is 2.21. The lowest BCUT2D eigenvalue weighted by Crippen LogP contribution is -2.58. The number of benzene rings is 1. The number of piperidine rings is 3. The van der Waals surface area contributed by atoms with Crippen LogP contribution in [-0.2, 0) is 15.0 Å². The van der Waals surface area contributed by atoms with Crippen molar-refractivity contribution < 1.29 is 9.59 Å². The van der Waals surface area contributed by atoms with Gasteiger partial charge in [0.05, 0.1) is 28.9 Å². The van der Waals surface area contributed by atoms with E-state index in [0.29, 0.717) is 38.0 Å². The van der Waals surface area contributed by atoms with E-state index in [2.05, 4.69) is 63.1 Å². The van der Waals surface area contributed by atoms with E-state index < -0.39 is 5.41 Å². The van der Waals surface area contributed by atoms with Gasteiger partial charge in [0.25, 0.3) is 0 Å². The molecule has 6 heterocycles. The highest BCUT2D eigenvalue weighted by Crippen LogP contribution is 2.52. The molecular weight excluding hydrogens is 612 g/mol. The number of amides is 2. The molecule has 2 aromatic heterocycles. The molecule has 0 bridgehead atoms. The third kappa shape index (κ3) is 5.44. The van der Waals surface area contributed by atoms with Crippen molar-refractivity contribution in [1.29, 1.82) is 0 Å². The maximum absolute atomic E-state index is 14.9. The quantitative estimate of drug-likeness (QED) is 0.346. The number of nitrogens with zero attached hydrogens (tertiary/aromatic N) is 6. The predicted octanol–water partition coefficient (Wildman–Crippen LogP) is 5.48. The molecule has 3 aromatic rings. The Bertz CT molecular complexity index is 1740. The summed E-state index contributed by atoms with van der Waals surface area (Å²) in [6, 6.07) is 10.3. The molecule has 9 rings (SSSR count). The molecule has 10 nitrogen and oxygen atoms in total. The Morgan fingerprint density at radius 2 is 1.78 bits per heavy atom. The lowest BCUT2D eigenvalue weighted by Gasteiger charge is -2.48. The molecule has 1 aromatic carbocycles. The molecule has 5 fully saturated rings. The number of carbonyl (C=O) groups is 2. The van der Waals surface area contributed by atoms with E-state index in [9.17, 15) is 9.59 Å². The Balaban J connectivity index is 1.05. The molecule has 49 heavy (non-hydrogen) atoms. The highest BCUT2D eigenvalue weighted by molar-refractivity contribution is 6.09. The van der Waals surface area contributed by atoms with Crippen LogP contribution in [0.5, 0.6) is 0 Å². The average molecular weight is 665 g/mol. The number of aromatic nitrogens is 3. The van der Waals surface area contributed by atoms with Gasteiger partial charge in [-0.1, -0.05) is 18.6 Å².